The zero-order valence-corrected chi connectivity index (χ0v) is 10.6. The van der Waals surface area contributed by atoms with Gasteiger partial charge in [-0.25, -0.2) is 5.43 Å². The average molecular weight is 251 g/mol. The molecule has 4 heteroatoms. The Labute approximate surface area is 106 Å². The van der Waals surface area contributed by atoms with Gasteiger partial charge in [-0.1, -0.05) is 23.8 Å². The van der Waals surface area contributed by atoms with Crippen molar-refractivity contribution in [3.63, 3.8) is 0 Å². The van der Waals surface area contributed by atoms with Crippen LogP contribution in [-0.4, -0.2) is 0 Å². The molecule has 0 fully saturated rings. The molecule has 1 heterocycles. The standard InChI is InChI=1S/C13H15ClN2O/c1-8-3-4-10(9(2)7-8)12(16-15)11-5-6-17-13(11)14/h3-7,12,16H,15H2,1-2H3. The van der Waals surface area contributed by atoms with Crippen molar-refractivity contribution < 1.29 is 4.42 Å². The van der Waals surface area contributed by atoms with Gasteiger partial charge < -0.3 is 4.42 Å². The Bertz CT molecular complexity index is 522. The molecule has 90 valence electrons. The van der Waals surface area contributed by atoms with Gasteiger partial charge in [0, 0.05) is 5.56 Å². The Morgan fingerprint density at radius 1 is 1.24 bits per heavy atom. The predicted molar refractivity (Wildman–Crippen MR) is 68.8 cm³/mol. The van der Waals surface area contributed by atoms with Gasteiger partial charge in [0.2, 0.25) is 0 Å². The fourth-order valence-electron chi connectivity index (χ4n) is 2.01. The molecule has 1 unspecified atom stereocenters. The normalized spacial score (nSPS) is 12.7. The Hall–Kier alpha value is -1.29. The molecular weight excluding hydrogens is 236 g/mol. The summed E-state index contributed by atoms with van der Waals surface area (Å²) in [5, 5.41) is 0.368. The van der Waals surface area contributed by atoms with Crippen molar-refractivity contribution in [2.45, 2.75) is 19.9 Å². The van der Waals surface area contributed by atoms with Crippen LogP contribution in [0.2, 0.25) is 5.22 Å². The second-order valence-corrected chi connectivity index (χ2v) is 4.45. The van der Waals surface area contributed by atoms with Crippen molar-refractivity contribution >= 4 is 11.6 Å². The van der Waals surface area contributed by atoms with E-state index in [0.717, 1.165) is 11.1 Å². The van der Waals surface area contributed by atoms with Crippen molar-refractivity contribution in [1.29, 1.82) is 0 Å². The molecule has 2 rings (SSSR count). The van der Waals surface area contributed by atoms with Gasteiger partial charge in [0.1, 0.15) is 0 Å². The minimum absolute atomic E-state index is 0.151. The van der Waals surface area contributed by atoms with E-state index in [1.807, 2.05) is 6.07 Å². The number of hydrogen-bond acceptors (Lipinski definition) is 3. The summed E-state index contributed by atoms with van der Waals surface area (Å²) in [6.45, 7) is 4.12. The maximum Gasteiger partial charge on any atom is 0.198 e. The molecule has 1 aromatic heterocycles. The molecule has 0 spiro atoms. The molecule has 17 heavy (non-hydrogen) atoms. The highest BCUT2D eigenvalue weighted by molar-refractivity contribution is 6.29. The third-order valence-corrected chi connectivity index (χ3v) is 3.17. The second kappa shape index (κ2) is 4.92. The molecule has 2 aromatic rings. The quantitative estimate of drug-likeness (QED) is 0.650. The number of nitrogens with one attached hydrogen (secondary N) is 1. The fraction of sp³-hybridized carbons (Fsp3) is 0.231. The lowest BCUT2D eigenvalue weighted by Crippen LogP contribution is -2.29. The van der Waals surface area contributed by atoms with Crippen molar-refractivity contribution in [3.05, 3.63) is 58.0 Å². The first-order chi connectivity index (χ1) is 8.13. The van der Waals surface area contributed by atoms with E-state index >= 15 is 0 Å². The molecule has 0 aliphatic carbocycles. The number of rotatable bonds is 3. The second-order valence-electron chi connectivity index (χ2n) is 4.11. The molecule has 0 saturated carbocycles. The van der Waals surface area contributed by atoms with Crippen LogP contribution in [0.15, 0.2) is 34.9 Å². The molecule has 1 atom stereocenters. The number of hydrogen-bond donors (Lipinski definition) is 2. The molecule has 1 aromatic carbocycles. The summed E-state index contributed by atoms with van der Waals surface area (Å²) < 4.78 is 5.10. The van der Waals surface area contributed by atoms with Crippen LogP contribution in [-0.2, 0) is 0 Å². The van der Waals surface area contributed by atoms with E-state index in [0.29, 0.717) is 5.22 Å². The molecule has 0 saturated heterocycles. The first kappa shape index (κ1) is 12.2. The topological polar surface area (TPSA) is 51.2 Å². The van der Waals surface area contributed by atoms with Crippen molar-refractivity contribution in [1.82, 2.24) is 5.43 Å². The molecule has 0 aliphatic heterocycles. The molecule has 3 nitrogen and oxygen atoms in total. The lowest BCUT2D eigenvalue weighted by atomic mass is 9.96. The van der Waals surface area contributed by atoms with Gasteiger partial charge in [0.25, 0.3) is 0 Å². The monoisotopic (exact) mass is 250 g/mol. The molecule has 0 radical (unpaired) electrons. The zero-order chi connectivity index (χ0) is 12.4. The van der Waals surface area contributed by atoms with Crippen LogP contribution >= 0.6 is 11.6 Å². The first-order valence-corrected chi connectivity index (χ1v) is 5.77. The third kappa shape index (κ3) is 2.36. The highest BCUT2D eigenvalue weighted by Crippen LogP contribution is 2.30. The van der Waals surface area contributed by atoms with E-state index in [9.17, 15) is 0 Å². The van der Waals surface area contributed by atoms with Crippen molar-refractivity contribution in [2.24, 2.45) is 5.84 Å². The highest BCUT2D eigenvalue weighted by Gasteiger charge is 2.19. The summed E-state index contributed by atoms with van der Waals surface area (Å²) in [6.07, 6.45) is 1.56. The number of benzene rings is 1. The van der Waals surface area contributed by atoms with Crippen LogP contribution in [0.4, 0.5) is 0 Å². The predicted octanol–water partition coefficient (Wildman–Crippen LogP) is 3.10. The maximum atomic E-state index is 5.98. The van der Waals surface area contributed by atoms with Crippen LogP contribution in [0.25, 0.3) is 0 Å². The molecule has 0 amide bonds. The number of aryl methyl sites for hydroxylation is 2. The van der Waals surface area contributed by atoms with E-state index in [1.54, 1.807) is 6.26 Å². The lowest BCUT2D eigenvalue weighted by molar-refractivity contribution is 0.555. The zero-order valence-electron chi connectivity index (χ0n) is 9.83. The van der Waals surface area contributed by atoms with Crippen LogP contribution in [0.3, 0.4) is 0 Å². The Balaban J connectivity index is 2.46. The van der Waals surface area contributed by atoms with Crippen LogP contribution in [0.1, 0.15) is 28.3 Å². The minimum Gasteiger partial charge on any atom is -0.453 e. The van der Waals surface area contributed by atoms with E-state index in [-0.39, 0.29) is 6.04 Å². The summed E-state index contributed by atoms with van der Waals surface area (Å²) in [7, 11) is 0. The summed E-state index contributed by atoms with van der Waals surface area (Å²) in [6, 6.07) is 7.90. The Kier molecular flexibility index (Phi) is 3.52. The largest absolute Gasteiger partial charge is 0.453 e. The highest BCUT2D eigenvalue weighted by atomic mass is 35.5. The number of furan rings is 1. The van der Waals surface area contributed by atoms with Crippen LogP contribution in [0.5, 0.6) is 0 Å². The van der Waals surface area contributed by atoms with E-state index in [2.05, 4.69) is 37.5 Å². The molecular formula is C13H15ClN2O. The molecule has 0 aliphatic rings. The maximum absolute atomic E-state index is 5.98. The van der Waals surface area contributed by atoms with Crippen molar-refractivity contribution in [3.8, 4) is 0 Å². The Morgan fingerprint density at radius 3 is 2.53 bits per heavy atom. The van der Waals surface area contributed by atoms with Gasteiger partial charge in [-0.2, -0.15) is 0 Å². The SMILES string of the molecule is Cc1ccc(C(NN)c2ccoc2Cl)c(C)c1. The average Bonchev–Trinajstić information content (AvgIpc) is 2.69. The van der Waals surface area contributed by atoms with E-state index < -0.39 is 0 Å². The van der Waals surface area contributed by atoms with Gasteiger partial charge in [-0.3, -0.25) is 5.84 Å². The summed E-state index contributed by atoms with van der Waals surface area (Å²) >= 11 is 5.98. The summed E-state index contributed by atoms with van der Waals surface area (Å²) in [5.41, 5.74) is 7.12. The van der Waals surface area contributed by atoms with Crippen LogP contribution < -0.4 is 11.3 Å². The molecule has 3 N–H and O–H groups in total. The smallest absolute Gasteiger partial charge is 0.198 e. The number of hydrazine groups is 1. The van der Waals surface area contributed by atoms with Gasteiger partial charge in [-0.15, -0.1) is 0 Å². The number of nitrogens with two attached hydrogens (primary N) is 1. The van der Waals surface area contributed by atoms with Crippen LogP contribution in [0, 0.1) is 13.8 Å². The summed E-state index contributed by atoms with van der Waals surface area (Å²) in [4.78, 5) is 0. The van der Waals surface area contributed by atoms with Gasteiger partial charge in [0.05, 0.1) is 12.3 Å². The van der Waals surface area contributed by atoms with Gasteiger partial charge >= 0.3 is 0 Å². The lowest BCUT2D eigenvalue weighted by Gasteiger charge is -2.18. The number of halogens is 1. The third-order valence-electron chi connectivity index (χ3n) is 2.86. The van der Waals surface area contributed by atoms with Gasteiger partial charge in [-0.05, 0) is 42.6 Å². The van der Waals surface area contributed by atoms with E-state index in [4.69, 9.17) is 21.9 Å². The summed E-state index contributed by atoms with van der Waals surface area (Å²) in [5.74, 6) is 5.62. The van der Waals surface area contributed by atoms with Crippen molar-refractivity contribution in [2.75, 3.05) is 0 Å². The fourth-order valence-corrected chi connectivity index (χ4v) is 2.23. The van der Waals surface area contributed by atoms with Gasteiger partial charge in [0.15, 0.2) is 5.22 Å². The first-order valence-electron chi connectivity index (χ1n) is 5.39. The minimum atomic E-state index is -0.151. The Morgan fingerprint density at radius 2 is 2.00 bits per heavy atom. The molecule has 0 bridgehead atoms. The van der Waals surface area contributed by atoms with E-state index in [1.165, 1.54) is 11.1 Å².